The first-order chi connectivity index (χ1) is 6.22. The van der Waals surface area contributed by atoms with Crippen molar-refractivity contribution in [1.82, 2.24) is 9.38 Å². The molecule has 0 aliphatic rings. The lowest BCUT2D eigenvalue weighted by molar-refractivity contribution is 0.991. The maximum absolute atomic E-state index is 5.59. The van der Waals surface area contributed by atoms with Crippen LogP contribution in [-0.4, -0.2) is 9.38 Å². The average molecular weight is 240 g/mol. The summed E-state index contributed by atoms with van der Waals surface area (Å²) in [6.07, 6.45) is 1.99. The molecule has 2 aromatic rings. The van der Waals surface area contributed by atoms with Crippen LogP contribution in [0.15, 0.2) is 22.8 Å². The van der Waals surface area contributed by atoms with Gasteiger partial charge in [0.1, 0.15) is 5.82 Å². The van der Waals surface area contributed by atoms with Crippen LogP contribution in [0.25, 0.3) is 5.52 Å². The molecule has 0 bridgehead atoms. The zero-order chi connectivity index (χ0) is 9.42. The predicted molar refractivity (Wildman–Crippen MR) is 55.5 cm³/mol. The van der Waals surface area contributed by atoms with Crippen LogP contribution in [0, 0.1) is 6.92 Å². The van der Waals surface area contributed by atoms with E-state index in [2.05, 4.69) is 20.9 Å². The molecule has 0 aromatic carbocycles. The Balaban J connectivity index is 2.81. The summed E-state index contributed by atoms with van der Waals surface area (Å²) in [6.45, 7) is 2.45. The molecule has 2 rings (SSSR count). The Labute approximate surface area is 84.7 Å². The van der Waals surface area contributed by atoms with Crippen LogP contribution in [0.5, 0.6) is 0 Å². The Morgan fingerprint density at radius 1 is 1.62 bits per heavy atom. The number of pyridine rings is 1. The van der Waals surface area contributed by atoms with Crippen LogP contribution in [0.1, 0.15) is 11.5 Å². The van der Waals surface area contributed by atoms with Crippen LogP contribution >= 0.6 is 15.9 Å². The zero-order valence-electron chi connectivity index (χ0n) is 7.29. The topological polar surface area (TPSA) is 43.3 Å². The van der Waals surface area contributed by atoms with Crippen LogP contribution in [0.2, 0.25) is 0 Å². The first kappa shape index (κ1) is 8.72. The Hall–Kier alpha value is -0.870. The molecule has 0 atom stereocenters. The third-order valence-corrected chi connectivity index (χ3v) is 2.54. The number of imidazole rings is 1. The smallest absolute Gasteiger partial charge is 0.110 e. The molecule has 2 heterocycles. The van der Waals surface area contributed by atoms with Crippen molar-refractivity contribution in [3.63, 3.8) is 0 Å². The number of aromatic nitrogens is 2. The van der Waals surface area contributed by atoms with Crippen molar-refractivity contribution in [1.29, 1.82) is 0 Å². The zero-order valence-corrected chi connectivity index (χ0v) is 8.87. The molecule has 3 nitrogen and oxygen atoms in total. The summed E-state index contributed by atoms with van der Waals surface area (Å²) in [4.78, 5) is 4.37. The second-order valence-corrected chi connectivity index (χ2v) is 3.83. The summed E-state index contributed by atoms with van der Waals surface area (Å²) in [5, 5.41) is 0. The van der Waals surface area contributed by atoms with E-state index in [9.17, 15) is 0 Å². The van der Waals surface area contributed by atoms with Gasteiger partial charge in [0.15, 0.2) is 0 Å². The standard InChI is InChI=1S/C9H10BrN3/c1-6-12-8(5-11)9-4-7(10)2-3-13(6)9/h2-4H,5,11H2,1H3. The minimum absolute atomic E-state index is 0.480. The van der Waals surface area contributed by atoms with Gasteiger partial charge in [0, 0.05) is 17.2 Å². The van der Waals surface area contributed by atoms with Crippen molar-refractivity contribution < 1.29 is 0 Å². The maximum Gasteiger partial charge on any atom is 0.110 e. The minimum atomic E-state index is 0.480. The van der Waals surface area contributed by atoms with E-state index in [1.54, 1.807) is 0 Å². The van der Waals surface area contributed by atoms with E-state index < -0.39 is 0 Å². The Kier molecular flexibility index (Phi) is 2.09. The number of nitrogens with zero attached hydrogens (tertiary/aromatic N) is 2. The van der Waals surface area contributed by atoms with Crippen molar-refractivity contribution in [2.24, 2.45) is 5.73 Å². The lowest BCUT2D eigenvalue weighted by atomic mass is 10.3. The van der Waals surface area contributed by atoms with Gasteiger partial charge in [-0.25, -0.2) is 4.98 Å². The average Bonchev–Trinajstić information content (AvgIpc) is 2.42. The maximum atomic E-state index is 5.59. The van der Waals surface area contributed by atoms with Crippen molar-refractivity contribution in [3.05, 3.63) is 34.3 Å². The summed E-state index contributed by atoms with van der Waals surface area (Å²) in [7, 11) is 0. The number of fused-ring (bicyclic) bond motifs is 1. The Bertz CT molecular complexity index is 447. The van der Waals surface area contributed by atoms with Crippen LogP contribution in [-0.2, 0) is 6.54 Å². The van der Waals surface area contributed by atoms with Crippen LogP contribution in [0.4, 0.5) is 0 Å². The van der Waals surface area contributed by atoms with Gasteiger partial charge in [-0.3, -0.25) is 0 Å². The molecule has 0 saturated heterocycles. The van der Waals surface area contributed by atoms with Gasteiger partial charge in [-0.05, 0) is 19.1 Å². The third-order valence-electron chi connectivity index (χ3n) is 2.05. The first-order valence-corrected chi connectivity index (χ1v) is 4.85. The highest BCUT2D eigenvalue weighted by Gasteiger charge is 2.05. The van der Waals surface area contributed by atoms with E-state index in [1.807, 2.05) is 29.7 Å². The highest BCUT2D eigenvalue weighted by atomic mass is 79.9. The van der Waals surface area contributed by atoms with Gasteiger partial charge in [-0.2, -0.15) is 0 Å². The summed E-state index contributed by atoms with van der Waals surface area (Å²) in [5.74, 6) is 0.975. The van der Waals surface area contributed by atoms with Crippen LogP contribution in [0.3, 0.4) is 0 Å². The molecular weight excluding hydrogens is 230 g/mol. The first-order valence-electron chi connectivity index (χ1n) is 4.05. The van der Waals surface area contributed by atoms with Gasteiger partial charge in [-0.1, -0.05) is 15.9 Å². The van der Waals surface area contributed by atoms with Crippen LogP contribution < -0.4 is 5.73 Å². The normalized spacial score (nSPS) is 11.0. The molecule has 2 aromatic heterocycles. The number of hydrogen-bond donors (Lipinski definition) is 1. The number of hydrogen-bond acceptors (Lipinski definition) is 2. The summed E-state index contributed by atoms with van der Waals surface area (Å²) in [5.41, 5.74) is 7.61. The molecule has 0 fully saturated rings. The van der Waals surface area contributed by atoms with E-state index in [-0.39, 0.29) is 0 Å². The fourth-order valence-electron chi connectivity index (χ4n) is 1.44. The van der Waals surface area contributed by atoms with Gasteiger partial charge < -0.3 is 10.1 Å². The minimum Gasteiger partial charge on any atom is -0.325 e. The van der Waals surface area contributed by atoms with E-state index in [0.29, 0.717) is 6.54 Å². The quantitative estimate of drug-likeness (QED) is 0.826. The SMILES string of the molecule is Cc1nc(CN)c2cc(Br)ccn12. The number of nitrogens with two attached hydrogens (primary N) is 1. The molecule has 0 aliphatic heterocycles. The van der Waals surface area contributed by atoms with Gasteiger partial charge in [0.05, 0.1) is 11.2 Å². The molecule has 13 heavy (non-hydrogen) atoms. The van der Waals surface area contributed by atoms with Gasteiger partial charge in [-0.15, -0.1) is 0 Å². The van der Waals surface area contributed by atoms with E-state index >= 15 is 0 Å². The van der Waals surface area contributed by atoms with E-state index in [0.717, 1.165) is 21.5 Å². The number of rotatable bonds is 1. The monoisotopic (exact) mass is 239 g/mol. The molecule has 0 spiro atoms. The van der Waals surface area contributed by atoms with Gasteiger partial charge in [0.2, 0.25) is 0 Å². The van der Waals surface area contributed by atoms with Gasteiger partial charge >= 0.3 is 0 Å². The molecule has 4 heteroatoms. The Morgan fingerprint density at radius 3 is 3.08 bits per heavy atom. The number of halogens is 1. The highest BCUT2D eigenvalue weighted by molar-refractivity contribution is 9.10. The molecule has 0 aliphatic carbocycles. The van der Waals surface area contributed by atoms with Crippen molar-refractivity contribution in [2.45, 2.75) is 13.5 Å². The number of aryl methyl sites for hydroxylation is 1. The molecule has 0 unspecified atom stereocenters. The lowest BCUT2D eigenvalue weighted by Crippen LogP contribution is -1.96. The fraction of sp³-hybridized carbons (Fsp3) is 0.222. The molecular formula is C9H10BrN3. The van der Waals surface area contributed by atoms with E-state index in [4.69, 9.17) is 5.73 Å². The Morgan fingerprint density at radius 2 is 2.38 bits per heavy atom. The van der Waals surface area contributed by atoms with E-state index in [1.165, 1.54) is 0 Å². The largest absolute Gasteiger partial charge is 0.325 e. The predicted octanol–water partition coefficient (Wildman–Crippen LogP) is 1.86. The second-order valence-electron chi connectivity index (χ2n) is 2.91. The van der Waals surface area contributed by atoms with Crippen molar-refractivity contribution in [2.75, 3.05) is 0 Å². The molecule has 0 saturated carbocycles. The highest BCUT2D eigenvalue weighted by Crippen LogP contribution is 2.17. The summed E-state index contributed by atoms with van der Waals surface area (Å²) in [6, 6.07) is 4.02. The fourth-order valence-corrected chi connectivity index (χ4v) is 1.77. The van der Waals surface area contributed by atoms with Crippen molar-refractivity contribution >= 4 is 21.4 Å². The second kappa shape index (κ2) is 3.12. The molecule has 68 valence electrons. The molecule has 0 amide bonds. The lowest BCUT2D eigenvalue weighted by Gasteiger charge is -1.97. The van der Waals surface area contributed by atoms with Gasteiger partial charge in [0.25, 0.3) is 0 Å². The summed E-state index contributed by atoms with van der Waals surface area (Å²) >= 11 is 3.42. The van der Waals surface area contributed by atoms with Crippen molar-refractivity contribution in [3.8, 4) is 0 Å². The summed E-state index contributed by atoms with van der Waals surface area (Å²) < 4.78 is 3.09. The molecule has 2 N–H and O–H groups in total. The molecule has 0 radical (unpaired) electrons. The third kappa shape index (κ3) is 1.36.